The van der Waals surface area contributed by atoms with E-state index in [1.165, 1.54) is 0 Å². The van der Waals surface area contributed by atoms with Crippen LogP contribution in [0.25, 0.3) is 0 Å². The molecule has 0 amide bonds. The van der Waals surface area contributed by atoms with Crippen LogP contribution in [-0.2, 0) is 0 Å². The van der Waals surface area contributed by atoms with Crippen LogP contribution in [0.2, 0.25) is 0 Å². The second-order valence-electron chi connectivity index (χ2n) is 2.41. The molecule has 1 unspecified atom stereocenters. The molecular formula is C7H15FN2. The Labute approximate surface area is 61.1 Å². The Hall–Kier alpha value is -0.410. The van der Waals surface area contributed by atoms with Crippen LogP contribution in [0.4, 0.5) is 4.39 Å². The molecule has 0 heterocycles. The van der Waals surface area contributed by atoms with E-state index in [9.17, 15) is 4.39 Å². The molecular weight excluding hydrogens is 131 g/mol. The number of rotatable bonds is 5. The lowest BCUT2D eigenvalue weighted by molar-refractivity contribution is 0.413. The number of nitrogens with two attached hydrogens (primary N) is 2. The van der Waals surface area contributed by atoms with Crippen LogP contribution in [0.15, 0.2) is 12.2 Å². The molecule has 0 aliphatic rings. The van der Waals surface area contributed by atoms with Crippen LogP contribution >= 0.6 is 0 Å². The highest BCUT2D eigenvalue weighted by molar-refractivity contribution is 4.95. The largest absolute Gasteiger partial charge is 0.327 e. The summed E-state index contributed by atoms with van der Waals surface area (Å²) in [7, 11) is 0. The molecule has 0 radical (unpaired) electrons. The normalized spacial score (nSPS) is 13.1. The Morgan fingerprint density at radius 2 is 2.20 bits per heavy atom. The van der Waals surface area contributed by atoms with Crippen molar-refractivity contribution in [3.63, 3.8) is 0 Å². The van der Waals surface area contributed by atoms with Gasteiger partial charge in [-0.05, 0) is 12.8 Å². The van der Waals surface area contributed by atoms with Crippen molar-refractivity contribution >= 4 is 0 Å². The Bertz CT molecular complexity index is 104. The van der Waals surface area contributed by atoms with Crippen molar-refractivity contribution in [1.82, 2.24) is 0 Å². The van der Waals surface area contributed by atoms with Gasteiger partial charge < -0.3 is 11.5 Å². The lowest BCUT2D eigenvalue weighted by Gasteiger charge is -2.06. The Morgan fingerprint density at radius 1 is 1.60 bits per heavy atom. The standard InChI is InChI=1S/C7H15FN2/c1-6(5-9)2-3-7(10)4-8/h7H,1-5,9-10H2. The maximum Gasteiger partial charge on any atom is 0.104 e. The molecule has 0 aromatic rings. The molecule has 0 aromatic heterocycles. The fourth-order valence-electron chi connectivity index (χ4n) is 0.569. The minimum absolute atomic E-state index is 0.344. The molecule has 4 N–H and O–H groups in total. The number of hydrogen-bond acceptors (Lipinski definition) is 2. The molecule has 0 rings (SSSR count). The molecule has 0 spiro atoms. The summed E-state index contributed by atoms with van der Waals surface area (Å²) in [4.78, 5) is 0. The van der Waals surface area contributed by atoms with Crippen molar-refractivity contribution < 1.29 is 4.39 Å². The number of alkyl halides is 1. The molecule has 0 saturated heterocycles. The molecule has 3 heteroatoms. The zero-order valence-corrected chi connectivity index (χ0v) is 6.15. The van der Waals surface area contributed by atoms with Crippen molar-refractivity contribution in [2.75, 3.05) is 13.2 Å². The Kier molecular flexibility index (Phi) is 5.16. The lowest BCUT2D eigenvalue weighted by atomic mass is 10.1. The highest BCUT2D eigenvalue weighted by atomic mass is 19.1. The summed E-state index contributed by atoms with van der Waals surface area (Å²) in [6.45, 7) is 3.69. The summed E-state index contributed by atoms with van der Waals surface area (Å²) in [5.74, 6) is 0. The lowest BCUT2D eigenvalue weighted by Crippen LogP contribution is -2.22. The minimum atomic E-state index is -0.460. The molecule has 1 atom stereocenters. The van der Waals surface area contributed by atoms with Gasteiger partial charge in [-0.25, -0.2) is 4.39 Å². The highest BCUT2D eigenvalue weighted by Crippen LogP contribution is 2.02. The van der Waals surface area contributed by atoms with Crippen molar-refractivity contribution in [1.29, 1.82) is 0 Å². The van der Waals surface area contributed by atoms with Gasteiger partial charge in [-0.2, -0.15) is 0 Å². The van der Waals surface area contributed by atoms with Crippen molar-refractivity contribution in [3.05, 3.63) is 12.2 Å². The summed E-state index contributed by atoms with van der Waals surface area (Å²) in [5.41, 5.74) is 11.5. The van der Waals surface area contributed by atoms with E-state index >= 15 is 0 Å². The summed E-state index contributed by atoms with van der Waals surface area (Å²) in [6.07, 6.45) is 1.38. The number of hydrogen-bond donors (Lipinski definition) is 2. The average molecular weight is 146 g/mol. The van der Waals surface area contributed by atoms with E-state index in [1.807, 2.05) is 0 Å². The summed E-state index contributed by atoms with van der Waals surface area (Å²) in [6, 6.07) is -0.344. The van der Waals surface area contributed by atoms with Crippen LogP contribution in [-0.4, -0.2) is 19.3 Å². The molecule has 0 fully saturated rings. The second-order valence-corrected chi connectivity index (χ2v) is 2.41. The average Bonchev–Trinajstić information content (AvgIpc) is 1.99. The fraction of sp³-hybridized carbons (Fsp3) is 0.714. The summed E-state index contributed by atoms with van der Waals surface area (Å²) < 4.78 is 11.8. The molecule has 10 heavy (non-hydrogen) atoms. The third-order valence-corrected chi connectivity index (χ3v) is 1.36. The highest BCUT2D eigenvalue weighted by Gasteiger charge is 2.00. The van der Waals surface area contributed by atoms with Crippen molar-refractivity contribution in [2.45, 2.75) is 18.9 Å². The molecule has 0 aliphatic carbocycles. The fourth-order valence-corrected chi connectivity index (χ4v) is 0.569. The van der Waals surface area contributed by atoms with Gasteiger partial charge >= 0.3 is 0 Å². The van der Waals surface area contributed by atoms with E-state index in [0.717, 1.165) is 12.0 Å². The molecule has 0 aromatic carbocycles. The summed E-state index contributed by atoms with van der Waals surface area (Å²) in [5, 5.41) is 0. The topological polar surface area (TPSA) is 52.0 Å². The predicted molar refractivity (Wildman–Crippen MR) is 41.4 cm³/mol. The van der Waals surface area contributed by atoms with Crippen LogP contribution in [0, 0.1) is 0 Å². The van der Waals surface area contributed by atoms with Crippen molar-refractivity contribution in [2.24, 2.45) is 11.5 Å². The first-order chi connectivity index (χ1) is 4.70. The first-order valence-electron chi connectivity index (χ1n) is 3.39. The van der Waals surface area contributed by atoms with Crippen molar-refractivity contribution in [3.8, 4) is 0 Å². The van der Waals surface area contributed by atoms with Gasteiger partial charge in [-0.1, -0.05) is 12.2 Å². The second kappa shape index (κ2) is 5.38. The first kappa shape index (κ1) is 9.59. The maximum absolute atomic E-state index is 11.8. The zero-order chi connectivity index (χ0) is 7.98. The van der Waals surface area contributed by atoms with Crippen LogP contribution in [0.1, 0.15) is 12.8 Å². The summed E-state index contributed by atoms with van der Waals surface area (Å²) >= 11 is 0. The maximum atomic E-state index is 11.8. The SMILES string of the molecule is C=C(CN)CCC(N)CF. The Morgan fingerprint density at radius 3 is 2.60 bits per heavy atom. The molecule has 2 nitrogen and oxygen atoms in total. The van der Waals surface area contributed by atoms with E-state index in [0.29, 0.717) is 13.0 Å². The van der Waals surface area contributed by atoms with E-state index in [-0.39, 0.29) is 6.04 Å². The van der Waals surface area contributed by atoms with Crippen LogP contribution < -0.4 is 11.5 Å². The Balaban J connectivity index is 3.26. The third-order valence-electron chi connectivity index (χ3n) is 1.36. The van der Waals surface area contributed by atoms with Gasteiger partial charge in [-0.15, -0.1) is 0 Å². The zero-order valence-electron chi connectivity index (χ0n) is 6.15. The van der Waals surface area contributed by atoms with Crippen LogP contribution in [0.3, 0.4) is 0 Å². The monoisotopic (exact) mass is 146 g/mol. The smallest absolute Gasteiger partial charge is 0.104 e. The van der Waals surface area contributed by atoms with E-state index in [2.05, 4.69) is 6.58 Å². The molecule has 0 aliphatic heterocycles. The van der Waals surface area contributed by atoms with Gasteiger partial charge in [-0.3, -0.25) is 0 Å². The van der Waals surface area contributed by atoms with E-state index in [4.69, 9.17) is 11.5 Å². The van der Waals surface area contributed by atoms with Gasteiger partial charge in [0, 0.05) is 12.6 Å². The number of halogens is 1. The minimum Gasteiger partial charge on any atom is -0.327 e. The van der Waals surface area contributed by atoms with Gasteiger partial charge in [0.2, 0.25) is 0 Å². The third kappa shape index (κ3) is 4.47. The predicted octanol–water partition coefficient (Wildman–Crippen LogP) is 0.578. The molecule has 0 saturated carbocycles. The first-order valence-corrected chi connectivity index (χ1v) is 3.39. The van der Waals surface area contributed by atoms with E-state index in [1.54, 1.807) is 0 Å². The quantitative estimate of drug-likeness (QED) is 0.557. The van der Waals surface area contributed by atoms with Gasteiger partial charge in [0.25, 0.3) is 0 Å². The van der Waals surface area contributed by atoms with Crippen LogP contribution in [0.5, 0.6) is 0 Å². The molecule has 0 bridgehead atoms. The molecule has 60 valence electrons. The van der Waals surface area contributed by atoms with E-state index < -0.39 is 6.67 Å². The van der Waals surface area contributed by atoms with Gasteiger partial charge in [0.1, 0.15) is 6.67 Å². The van der Waals surface area contributed by atoms with Gasteiger partial charge in [0.15, 0.2) is 0 Å². The van der Waals surface area contributed by atoms with Gasteiger partial charge in [0.05, 0.1) is 0 Å².